The van der Waals surface area contributed by atoms with E-state index in [4.69, 9.17) is 0 Å². The Labute approximate surface area is 76.0 Å². The van der Waals surface area contributed by atoms with Crippen molar-refractivity contribution in [3.63, 3.8) is 0 Å². The molecule has 0 aliphatic carbocycles. The average Bonchev–Trinajstić information content (AvgIpc) is 2.55. The van der Waals surface area contributed by atoms with Crippen molar-refractivity contribution in [1.82, 2.24) is 4.98 Å². The van der Waals surface area contributed by atoms with Crippen molar-refractivity contribution in [2.24, 2.45) is 0 Å². The quantitative estimate of drug-likeness (QED) is 0.711. The third-order valence-electron chi connectivity index (χ3n) is 2.20. The number of aliphatic hydroxyl groups is 1. The molecule has 0 amide bonds. The summed E-state index contributed by atoms with van der Waals surface area (Å²) >= 11 is 1.80. The van der Waals surface area contributed by atoms with Gasteiger partial charge < -0.3 is 5.11 Å². The van der Waals surface area contributed by atoms with E-state index in [2.05, 4.69) is 4.98 Å². The first kappa shape index (κ1) is 8.08. The maximum Gasteiger partial charge on any atom is 0.101 e. The van der Waals surface area contributed by atoms with Crippen LogP contribution in [0.5, 0.6) is 0 Å². The number of rotatable bonds is 1. The van der Waals surface area contributed by atoms with Gasteiger partial charge in [0.15, 0.2) is 0 Å². The number of thioether (sulfide) groups is 1. The number of aromatic nitrogens is 1. The molecule has 0 spiro atoms. The number of hydrogen-bond acceptors (Lipinski definition) is 3. The van der Waals surface area contributed by atoms with E-state index < -0.39 is 5.60 Å². The molecule has 2 heterocycles. The summed E-state index contributed by atoms with van der Waals surface area (Å²) < 4.78 is 0. The van der Waals surface area contributed by atoms with Crippen molar-refractivity contribution in [2.75, 3.05) is 11.5 Å². The van der Waals surface area contributed by atoms with Crippen LogP contribution in [-0.2, 0) is 5.60 Å². The van der Waals surface area contributed by atoms with Crippen LogP contribution in [0.4, 0.5) is 0 Å². The Hall–Kier alpha value is -0.540. The monoisotopic (exact) mass is 181 g/mol. The lowest BCUT2D eigenvalue weighted by Crippen LogP contribution is -2.24. The first-order valence-corrected chi connectivity index (χ1v) is 5.17. The smallest absolute Gasteiger partial charge is 0.101 e. The first-order chi connectivity index (χ1) is 5.81. The fourth-order valence-electron chi connectivity index (χ4n) is 1.42. The van der Waals surface area contributed by atoms with Crippen LogP contribution in [0, 0.1) is 0 Å². The number of pyridine rings is 1. The molecule has 2 nitrogen and oxygen atoms in total. The molecule has 1 saturated heterocycles. The van der Waals surface area contributed by atoms with Gasteiger partial charge in [0.05, 0.1) is 0 Å². The van der Waals surface area contributed by atoms with Crippen molar-refractivity contribution in [3.8, 4) is 0 Å². The third-order valence-corrected chi connectivity index (χ3v) is 3.37. The minimum atomic E-state index is -0.612. The summed E-state index contributed by atoms with van der Waals surface area (Å²) in [6.45, 7) is 0. The van der Waals surface area contributed by atoms with Gasteiger partial charge in [-0.3, -0.25) is 4.98 Å². The van der Waals surface area contributed by atoms with Gasteiger partial charge in [0, 0.05) is 23.7 Å². The maximum atomic E-state index is 10.1. The molecule has 1 aliphatic heterocycles. The van der Waals surface area contributed by atoms with E-state index in [1.165, 1.54) is 0 Å². The van der Waals surface area contributed by atoms with Gasteiger partial charge in [0.25, 0.3) is 0 Å². The summed E-state index contributed by atoms with van der Waals surface area (Å²) in [4.78, 5) is 4.01. The molecule has 0 bridgehead atoms. The third kappa shape index (κ3) is 1.34. The Kier molecular flexibility index (Phi) is 2.07. The highest BCUT2D eigenvalue weighted by Gasteiger charge is 2.33. The molecule has 3 heteroatoms. The van der Waals surface area contributed by atoms with Gasteiger partial charge in [-0.25, -0.2) is 0 Å². The second kappa shape index (κ2) is 3.07. The van der Waals surface area contributed by atoms with Crippen LogP contribution in [0.2, 0.25) is 0 Å². The lowest BCUT2D eigenvalue weighted by atomic mass is 9.95. The second-order valence-electron chi connectivity index (χ2n) is 3.08. The molecule has 1 fully saturated rings. The topological polar surface area (TPSA) is 33.1 Å². The van der Waals surface area contributed by atoms with Gasteiger partial charge in [0.2, 0.25) is 0 Å². The Morgan fingerprint density at radius 1 is 1.58 bits per heavy atom. The van der Waals surface area contributed by atoms with E-state index in [0.717, 1.165) is 23.5 Å². The fourth-order valence-corrected chi connectivity index (χ4v) is 2.69. The van der Waals surface area contributed by atoms with Gasteiger partial charge in [-0.05, 0) is 18.2 Å². The SMILES string of the molecule is OC1(c2cccnc2)CCSC1. The highest BCUT2D eigenvalue weighted by molar-refractivity contribution is 7.99. The molecule has 1 atom stereocenters. The summed E-state index contributed by atoms with van der Waals surface area (Å²) in [6, 6.07) is 3.81. The minimum absolute atomic E-state index is 0.612. The molecule has 1 aromatic rings. The van der Waals surface area contributed by atoms with Crippen molar-refractivity contribution >= 4 is 11.8 Å². The van der Waals surface area contributed by atoms with Crippen LogP contribution in [0.15, 0.2) is 24.5 Å². The van der Waals surface area contributed by atoms with Crippen LogP contribution in [0.3, 0.4) is 0 Å². The molecule has 0 aromatic carbocycles. The average molecular weight is 181 g/mol. The van der Waals surface area contributed by atoms with E-state index in [1.807, 2.05) is 12.1 Å². The molecule has 1 N–H and O–H groups in total. The van der Waals surface area contributed by atoms with Crippen molar-refractivity contribution in [1.29, 1.82) is 0 Å². The summed E-state index contributed by atoms with van der Waals surface area (Å²) in [5.74, 6) is 1.85. The summed E-state index contributed by atoms with van der Waals surface area (Å²) in [5.41, 5.74) is 0.342. The van der Waals surface area contributed by atoms with Crippen molar-refractivity contribution in [3.05, 3.63) is 30.1 Å². The van der Waals surface area contributed by atoms with E-state index >= 15 is 0 Å². The maximum absolute atomic E-state index is 10.1. The lowest BCUT2D eigenvalue weighted by Gasteiger charge is -2.20. The van der Waals surface area contributed by atoms with E-state index in [1.54, 1.807) is 24.2 Å². The highest BCUT2D eigenvalue weighted by Crippen LogP contribution is 2.35. The molecular weight excluding hydrogens is 170 g/mol. The zero-order valence-electron chi connectivity index (χ0n) is 6.73. The van der Waals surface area contributed by atoms with Crippen LogP contribution >= 0.6 is 11.8 Å². The molecule has 0 radical (unpaired) electrons. The zero-order valence-corrected chi connectivity index (χ0v) is 7.55. The molecule has 1 aliphatic rings. The molecule has 64 valence electrons. The van der Waals surface area contributed by atoms with Crippen LogP contribution in [-0.4, -0.2) is 21.6 Å². The van der Waals surface area contributed by atoms with Crippen LogP contribution < -0.4 is 0 Å². The fraction of sp³-hybridized carbons (Fsp3) is 0.444. The molecule has 0 saturated carbocycles. The zero-order chi connectivity index (χ0) is 8.44. The first-order valence-electron chi connectivity index (χ1n) is 4.02. The van der Waals surface area contributed by atoms with Gasteiger partial charge >= 0.3 is 0 Å². The number of hydrogen-bond donors (Lipinski definition) is 1. The van der Waals surface area contributed by atoms with Crippen molar-refractivity contribution in [2.45, 2.75) is 12.0 Å². The molecule has 1 aromatic heterocycles. The second-order valence-corrected chi connectivity index (χ2v) is 4.18. The molecule has 1 unspecified atom stereocenters. The molecule has 12 heavy (non-hydrogen) atoms. The largest absolute Gasteiger partial charge is 0.384 e. The summed E-state index contributed by atoms with van der Waals surface area (Å²) in [6.07, 6.45) is 4.34. The highest BCUT2D eigenvalue weighted by atomic mass is 32.2. The van der Waals surface area contributed by atoms with Gasteiger partial charge in [0.1, 0.15) is 5.60 Å². The summed E-state index contributed by atoms with van der Waals surface area (Å²) in [5, 5.41) is 10.1. The minimum Gasteiger partial charge on any atom is -0.384 e. The predicted octanol–water partition coefficient (Wildman–Crippen LogP) is 1.41. The van der Waals surface area contributed by atoms with Gasteiger partial charge in [-0.15, -0.1) is 0 Å². The standard InChI is InChI=1S/C9H11NOS/c11-9(3-5-12-7-9)8-2-1-4-10-6-8/h1-2,4,6,11H,3,5,7H2. The summed E-state index contributed by atoms with van der Waals surface area (Å²) in [7, 11) is 0. The predicted molar refractivity (Wildman–Crippen MR) is 50.1 cm³/mol. The number of nitrogens with zero attached hydrogens (tertiary/aromatic N) is 1. The van der Waals surface area contributed by atoms with Crippen LogP contribution in [0.25, 0.3) is 0 Å². The Morgan fingerprint density at radius 2 is 2.50 bits per heavy atom. The molecular formula is C9H11NOS. The van der Waals surface area contributed by atoms with Crippen LogP contribution in [0.1, 0.15) is 12.0 Å². The Bertz CT molecular complexity index is 256. The van der Waals surface area contributed by atoms with Gasteiger partial charge in [-0.1, -0.05) is 6.07 Å². The van der Waals surface area contributed by atoms with E-state index in [-0.39, 0.29) is 0 Å². The lowest BCUT2D eigenvalue weighted by molar-refractivity contribution is 0.0654. The van der Waals surface area contributed by atoms with Gasteiger partial charge in [-0.2, -0.15) is 11.8 Å². The van der Waals surface area contributed by atoms with Crippen molar-refractivity contribution < 1.29 is 5.11 Å². The van der Waals surface area contributed by atoms with E-state index in [9.17, 15) is 5.11 Å². The molecule has 2 rings (SSSR count). The van der Waals surface area contributed by atoms with E-state index in [0.29, 0.717) is 0 Å². The Balaban J connectivity index is 2.29. The Morgan fingerprint density at radius 3 is 3.08 bits per heavy atom. The normalized spacial score (nSPS) is 29.1.